The molecule has 1 amide bonds. The van der Waals surface area contributed by atoms with Gasteiger partial charge in [-0.15, -0.1) is 0 Å². The maximum Gasteiger partial charge on any atom is 0.251 e. The molecule has 1 aliphatic rings. The van der Waals surface area contributed by atoms with Gasteiger partial charge in [0.15, 0.2) is 5.13 Å². The van der Waals surface area contributed by atoms with Crippen molar-refractivity contribution in [3.63, 3.8) is 0 Å². The van der Waals surface area contributed by atoms with Gasteiger partial charge in [0, 0.05) is 49.3 Å². The van der Waals surface area contributed by atoms with E-state index in [2.05, 4.69) is 43.2 Å². The zero-order valence-corrected chi connectivity index (χ0v) is 19.3. The van der Waals surface area contributed by atoms with Crippen LogP contribution in [0.2, 0.25) is 0 Å². The lowest BCUT2D eigenvalue weighted by Crippen LogP contribution is -2.48. The van der Waals surface area contributed by atoms with Crippen LogP contribution in [-0.2, 0) is 0 Å². The van der Waals surface area contributed by atoms with Crippen molar-refractivity contribution in [1.82, 2.24) is 15.2 Å². The highest BCUT2D eigenvalue weighted by Gasteiger charge is 2.20. The number of carbonyl (C=O) groups excluding carboxylic acids is 1. The van der Waals surface area contributed by atoms with Crippen LogP contribution < -0.4 is 15.0 Å². The molecule has 30 heavy (non-hydrogen) atoms. The number of amides is 1. The number of halogens is 1. The number of rotatable bonds is 7. The molecule has 0 spiro atoms. The minimum absolute atomic E-state index is 0.0441. The zero-order chi connectivity index (χ0) is 20.9. The van der Waals surface area contributed by atoms with Crippen LogP contribution in [0.1, 0.15) is 17.3 Å². The van der Waals surface area contributed by atoms with Crippen LogP contribution in [0.25, 0.3) is 10.2 Å². The van der Waals surface area contributed by atoms with Crippen molar-refractivity contribution in [1.29, 1.82) is 0 Å². The van der Waals surface area contributed by atoms with E-state index >= 15 is 0 Å². The maximum absolute atomic E-state index is 12.3. The summed E-state index contributed by atoms with van der Waals surface area (Å²) in [4.78, 5) is 21.8. The molecule has 0 aliphatic carbocycles. The number of piperazine rings is 1. The smallest absolute Gasteiger partial charge is 0.251 e. The van der Waals surface area contributed by atoms with Crippen LogP contribution in [0.3, 0.4) is 0 Å². The number of nitrogens with one attached hydrogen (secondary N) is 1. The second kappa shape index (κ2) is 9.76. The summed E-state index contributed by atoms with van der Waals surface area (Å²) in [5.41, 5.74) is 1.71. The Hall–Kier alpha value is -2.16. The van der Waals surface area contributed by atoms with Gasteiger partial charge in [0.1, 0.15) is 5.75 Å². The number of hydrogen-bond donors (Lipinski definition) is 1. The van der Waals surface area contributed by atoms with Gasteiger partial charge in [0.05, 0.1) is 16.8 Å². The zero-order valence-electron chi connectivity index (χ0n) is 16.9. The van der Waals surface area contributed by atoms with Crippen LogP contribution in [0.5, 0.6) is 5.75 Å². The van der Waals surface area contributed by atoms with Crippen LogP contribution in [-0.4, -0.2) is 61.7 Å². The van der Waals surface area contributed by atoms with Crippen molar-refractivity contribution in [3.8, 4) is 5.75 Å². The van der Waals surface area contributed by atoms with Crippen LogP contribution in [0, 0.1) is 0 Å². The third kappa shape index (κ3) is 5.11. The molecule has 1 saturated heterocycles. The number of anilines is 1. The fraction of sp³-hybridized carbons (Fsp3) is 0.364. The summed E-state index contributed by atoms with van der Waals surface area (Å²) in [7, 11) is 0. The fourth-order valence-electron chi connectivity index (χ4n) is 3.48. The fourth-order valence-corrected chi connectivity index (χ4v) is 5.05. The number of thiazole rings is 1. The molecule has 0 unspecified atom stereocenters. The minimum atomic E-state index is -0.0441. The van der Waals surface area contributed by atoms with E-state index < -0.39 is 0 Å². The lowest BCUT2D eigenvalue weighted by Gasteiger charge is -2.34. The molecule has 8 heteroatoms. The van der Waals surface area contributed by atoms with Crippen molar-refractivity contribution in [2.45, 2.75) is 6.92 Å². The first-order valence-corrected chi connectivity index (χ1v) is 11.8. The quantitative estimate of drug-likeness (QED) is 0.544. The summed E-state index contributed by atoms with van der Waals surface area (Å²) in [6.45, 7) is 7.90. The normalized spacial score (nSPS) is 14.8. The van der Waals surface area contributed by atoms with E-state index in [9.17, 15) is 4.79 Å². The molecule has 0 saturated carbocycles. The second-order valence-electron chi connectivity index (χ2n) is 7.15. The van der Waals surface area contributed by atoms with Crippen molar-refractivity contribution >= 4 is 48.5 Å². The standard InChI is InChI=1S/C22H25BrN4O2S/c1-2-29-18-6-3-16(4-7-18)21(28)24-9-10-26-11-13-27(14-12-26)22-25-19-8-5-17(23)15-20(19)30-22/h3-8,15H,2,9-14H2,1H3,(H,24,28). The Morgan fingerprint density at radius 3 is 2.67 bits per heavy atom. The van der Waals surface area contributed by atoms with Gasteiger partial charge in [0.2, 0.25) is 0 Å². The highest BCUT2D eigenvalue weighted by atomic mass is 79.9. The van der Waals surface area contributed by atoms with Gasteiger partial charge in [-0.05, 0) is 49.4 Å². The summed E-state index contributed by atoms with van der Waals surface area (Å²) in [6, 6.07) is 13.5. The van der Waals surface area contributed by atoms with E-state index in [0.29, 0.717) is 18.7 Å². The van der Waals surface area contributed by atoms with Crippen LogP contribution >= 0.6 is 27.3 Å². The van der Waals surface area contributed by atoms with E-state index in [1.807, 2.05) is 25.1 Å². The van der Waals surface area contributed by atoms with Crippen molar-refractivity contribution < 1.29 is 9.53 Å². The van der Waals surface area contributed by atoms with Crippen LogP contribution in [0.15, 0.2) is 46.9 Å². The molecular formula is C22H25BrN4O2S. The molecule has 1 aliphatic heterocycles. The van der Waals surface area contributed by atoms with Gasteiger partial charge in [-0.3, -0.25) is 9.69 Å². The maximum atomic E-state index is 12.3. The molecule has 4 rings (SSSR count). The topological polar surface area (TPSA) is 57.7 Å². The molecule has 1 fully saturated rings. The first kappa shape index (κ1) is 21.1. The Balaban J connectivity index is 1.22. The average Bonchev–Trinajstić information content (AvgIpc) is 3.18. The molecule has 0 bridgehead atoms. The molecule has 158 valence electrons. The number of aromatic nitrogens is 1. The summed E-state index contributed by atoms with van der Waals surface area (Å²) in [6.07, 6.45) is 0. The number of hydrogen-bond acceptors (Lipinski definition) is 6. The minimum Gasteiger partial charge on any atom is -0.494 e. The van der Waals surface area contributed by atoms with Crippen molar-refractivity contribution in [3.05, 3.63) is 52.5 Å². The Bertz CT molecular complexity index is 1000. The largest absolute Gasteiger partial charge is 0.494 e. The number of benzene rings is 2. The molecule has 0 radical (unpaired) electrons. The molecular weight excluding hydrogens is 464 g/mol. The molecule has 6 nitrogen and oxygen atoms in total. The molecule has 3 aromatic rings. The van der Waals surface area contributed by atoms with Gasteiger partial charge in [0.25, 0.3) is 5.91 Å². The predicted molar refractivity (Wildman–Crippen MR) is 126 cm³/mol. The lowest BCUT2D eigenvalue weighted by molar-refractivity contribution is 0.0947. The van der Waals surface area contributed by atoms with Gasteiger partial charge >= 0.3 is 0 Å². The molecule has 1 aromatic heterocycles. The van der Waals surface area contributed by atoms with E-state index in [0.717, 1.165) is 53.6 Å². The van der Waals surface area contributed by atoms with E-state index in [1.165, 1.54) is 4.70 Å². The second-order valence-corrected chi connectivity index (χ2v) is 9.08. The lowest BCUT2D eigenvalue weighted by atomic mass is 10.2. The number of fused-ring (bicyclic) bond motifs is 1. The van der Waals surface area contributed by atoms with E-state index in [4.69, 9.17) is 9.72 Å². The van der Waals surface area contributed by atoms with Crippen molar-refractivity contribution in [2.75, 3.05) is 50.8 Å². The van der Waals surface area contributed by atoms with Gasteiger partial charge in [-0.1, -0.05) is 27.3 Å². The average molecular weight is 489 g/mol. The summed E-state index contributed by atoms with van der Waals surface area (Å²) < 4.78 is 7.71. The molecule has 2 heterocycles. The summed E-state index contributed by atoms with van der Waals surface area (Å²) >= 11 is 5.27. The SMILES string of the molecule is CCOc1ccc(C(=O)NCCN2CCN(c3nc4ccc(Br)cc4s3)CC2)cc1. The molecule has 0 atom stereocenters. The Morgan fingerprint density at radius 2 is 1.93 bits per heavy atom. The Kier molecular flexibility index (Phi) is 6.86. The van der Waals surface area contributed by atoms with E-state index in [-0.39, 0.29) is 5.91 Å². The summed E-state index contributed by atoms with van der Waals surface area (Å²) in [5.74, 6) is 0.741. The van der Waals surface area contributed by atoms with Gasteiger partial charge in [-0.2, -0.15) is 0 Å². The van der Waals surface area contributed by atoms with Gasteiger partial charge < -0.3 is 15.0 Å². The van der Waals surface area contributed by atoms with Crippen LogP contribution in [0.4, 0.5) is 5.13 Å². The molecule has 1 N–H and O–H groups in total. The van der Waals surface area contributed by atoms with E-state index in [1.54, 1.807) is 23.5 Å². The molecule has 2 aromatic carbocycles. The highest BCUT2D eigenvalue weighted by Crippen LogP contribution is 2.31. The number of carbonyl (C=O) groups is 1. The number of nitrogens with zero attached hydrogens (tertiary/aromatic N) is 3. The summed E-state index contributed by atoms with van der Waals surface area (Å²) in [5, 5.41) is 4.10. The third-order valence-electron chi connectivity index (χ3n) is 5.12. The monoisotopic (exact) mass is 488 g/mol. The first-order chi connectivity index (χ1) is 14.6. The third-order valence-corrected chi connectivity index (χ3v) is 6.70. The predicted octanol–water partition coefficient (Wildman–Crippen LogP) is 4.01. The Labute approximate surface area is 189 Å². The number of ether oxygens (including phenoxy) is 1. The van der Waals surface area contributed by atoms with Crippen molar-refractivity contribution in [2.24, 2.45) is 0 Å². The Morgan fingerprint density at radius 1 is 1.17 bits per heavy atom. The highest BCUT2D eigenvalue weighted by molar-refractivity contribution is 9.10. The van der Waals surface area contributed by atoms with Gasteiger partial charge in [-0.25, -0.2) is 4.98 Å². The first-order valence-electron chi connectivity index (χ1n) is 10.2.